The van der Waals surface area contributed by atoms with Gasteiger partial charge in [-0.1, -0.05) is 17.7 Å². The van der Waals surface area contributed by atoms with Gasteiger partial charge in [-0.3, -0.25) is 0 Å². The first kappa shape index (κ1) is 9.74. The highest BCUT2D eigenvalue weighted by Crippen LogP contribution is 2.29. The molecule has 1 saturated carbocycles. The van der Waals surface area contributed by atoms with E-state index in [4.69, 9.17) is 17.3 Å². The monoisotopic (exact) mass is 214 g/mol. The normalized spacial score (nSPS) is 25.6. The van der Waals surface area contributed by atoms with E-state index < -0.39 is 0 Å². The Morgan fingerprint density at radius 3 is 2.71 bits per heavy atom. The summed E-state index contributed by atoms with van der Waals surface area (Å²) in [6.07, 6.45) is 1.76. The zero-order valence-corrected chi connectivity index (χ0v) is 8.39. The zero-order valence-electron chi connectivity index (χ0n) is 7.63. The van der Waals surface area contributed by atoms with Crippen LogP contribution in [0.25, 0.3) is 0 Å². The van der Waals surface area contributed by atoms with Crippen molar-refractivity contribution in [2.45, 2.75) is 24.9 Å². The third-order valence-corrected chi connectivity index (χ3v) is 2.80. The molecule has 1 fully saturated rings. The van der Waals surface area contributed by atoms with Gasteiger partial charge in [-0.25, -0.2) is 4.39 Å². The molecule has 14 heavy (non-hydrogen) atoms. The summed E-state index contributed by atoms with van der Waals surface area (Å²) >= 11 is 5.86. The predicted molar refractivity (Wildman–Crippen MR) is 56.0 cm³/mol. The minimum atomic E-state index is -0.307. The van der Waals surface area contributed by atoms with Crippen molar-refractivity contribution in [1.29, 1.82) is 0 Å². The van der Waals surface area contributed by atoms with Crippen molar-refractivity contribution >= 4 is 17.3 Å². The summed E-state index contributed by atoms with van der Waals surface area (Å²) in [7, 11) is 0. The second-order valence-electron chi connectivity index (χ2n) is 3.67. The molecule has 0 atom stereocenters. The molecule has 2 rings (SSSR count). The largest absolute Gasteiger partial charge is 0.379 e. The summed E-state index contributed by atoms with van der Waals surface area (Å²) in [5, 5.41) is 3.48. The number of halogens is 2. The van der Waals surface area contributed by atoms with Crippen LogP contribution < -0.4 is 11.1 Å². The number of nitrogens with two attached hydrogens (primary N) is 1. The first-order valence-electron chi connectivity index (χ1n) is 4.63. The molecular formula is C10H12ClFN2. The summed E-state index contributed by atoms with van der Waals surface area (Å²) in [6, 6.07) is 5.17. The lowest BCUT2D eigenvalue weighted by Gasteiger charge is -2.34. The van der Waals surface area contributed by atoms with E-state index in [0.29, 0.717) is 10.7 Å². The summed E-state index contributed by atoms with van der Waals surface area (Å²) in [5.74, 6) is -0.307. The van der Waals surface area contributed by atoms with E-state index in [9.17, 15) is 4.39 Å². The smallest absolute Gasteiger partial charge is 0.147 e. The molecule has 1 aliphatic rings. The fraction of sp³-hybridized carbons (Fsp3) is 0.400. The maximum atomic E-state index is 13.3. The van der Waals surface area contributed by atoms with E-state index in [1.807, 2.05) is 0 Å². The average molecular weight is 215 g/mol. The fourth-order valence-corrected chi connectivity index (χ4v) is 1.84. The number of rotatable bonds is 2. The van der Waals surface area contributed by atoms with Gasteiger partial charge >= 0.3 is 0 Å². The van der Waals surface area contributed by atoms with Crippen molar-refractivity contribution in [2.75, 3.05) is 5.32 Å². The van der Waals surface area contributed by atoms with Crippen LogP contribution in [0.5, 0.6) is 0 Å². The molecule has 0 amide bonds. The van der Waals surface area contributed by atoms with E-state index in [1.165, 1.54) is 6.07 Å². The molecule has 3 N–H and O–H groups in total. The van der Waals surface area contributed by atoms with Crippen LogP contribution in [-0.2, 0) is 0 Å². The molecule has 2 nitrogen and oxygen atoms in total. The number of hydrogen-bond donors (Lipinski definition) is 2. The zero-order chi connectivity index (χ0) is 10.1. The lowest BCUT2D eigenvalue weighted by molar-refractivity contribution is 0.372. The van der Waals surface area contributed by atoms with E-state index in [1.54, 1.807) is 12.1 Å². The number of hydrogen-bond acceptors (Lipinski definition) is 2. The highest BCUT2D eigenvalue weighted by Gasteiger charge is 2.26. The van der Waals surface area contributed by atoms with Crippen molar-refractivity contribution < 1.29 is 4.39 Å². The molecule has 0 heterocycles. The van der Waals surface area contributed by atoms with Crippen molar-refractivity contribution in [3.8, 4) is 0 Å². The van der Waals surface area contributed by atoms with Crippen molar-refractivity contribution in [1.82, 2.24) is 0 Å². The minimum Gasteiger partial charge on any atom is -0.379 e. The van der Waals surface area contributed by atoms with Gasteiger partial charge < -0.3 is 11.1 Å². The first-order valence-corrected chi connectivity index (χ1v) is 5.00. The Hall–Kier alpha value is -0.800. The summed E-state index contributed by atoms with van der Waals surface area (Å²) < 4.78 is 13.3. The van der Waals surface area contributed by atoms with Gasteiger partial charge in [0.25, 0.3) is 0 Å². The van der Waals surface area contributed by atoms with Crippen LogP contribution in [0.3, 0.4) is 0 Å². The molecule has 0 unspecified atom stereocenters. The Morgan fingerprint density at radius 1 is 1.43 bits per heavy atom. The van der Waals surface area contributed by atoms with E-state index in [2.05, 4.69) is 5.32 Å². The quantitative estimate of drug-likeness (QED) is 0.794. The molecule has 1 aromatic carbocycles. The van der Waals surface area contributed by atoms with E-state index in [-0.39, 0.29) is 17.9 Å². The van der Waals surface area contributed by atoms with Crippen LogP contribution >= 0.6 is 11.6 Å². The van der Waals surface area contributed by atoms with E-state index in [0.717, 1.165) is 12.8 Å². The summed E-state index contributed by atoms with van der Waals surface area (Å²) in [5.41, 5.74) is 6.03. The fourth-order valence-electron chi connectivity index (χ4n) is 1.62. The number of benzene rings is 1. The molecule has 0 saturated heterocycles. The Bertz CT molecular complexity index is 317. The molecule has 4 heteroatoms. The van der Waals surface area contributed by atoms with Crippen LogP contribution in [0.1, 0.15) is 12.8 Å². The van der Waals surface area contributed by atoms with E-state index >= 15 is 0 Å². The SMILES string of the molecule is NC1CC(Nc2c(F)cccc2Cl)C1. The molecule has 1 aromatic rings. The van der Waals surface area contributed by atoms with Crippen LogP contribution in [0.2, 0.25) is 5.02 Å². The molecule has 0 aliphatic heterocycles. The molecule has 0 bridgehead atoms. The topological polar surface area (TPSA) is 38.0 Å². The Kier molecular flexibility index (Phi) is 2.61. The van der Waals surface area contributed by atoms with Crippen LogP contribution in [0, 0.1) is 5.82 Å². The summed E-state index contributed by atoms with van der Waals surface area (Å²) in [6.45, 7) is 0. The van der Waals surface area contributed by atoms with Gasteiger partial charge in [0.05, 0.1) is 10.7 Å². The van der Waals surface area contributed by atoms with Crippen molar-refractivity contribution in [3.05, 3.63) is 29.0 Å². The van der Waals surface area contributed by atoms with Gasteiger partial charge in [-0.05, 0) is 25.0 Å². The number of anilines is 1. The predicted octanol–water partition coefficient (Wildman–Crippen LogP) is 2.38. The molecule has 1 aliphatic carbocycles. The van der Waals surface area contributed by atoms with Gasteiger partial charge in [0.2, 0.25) is 0 Å². The van der Waals surface area contributed by atoms with Crippen molar-refractivity contribution in [3.63, 3.8) is 0 Å². The third kappa shape index (κ3) is 1.83. The first-order chi connectivity index (χ1) is 6.66. The van der Waals surface area contributed by atoms with Crippen LogP contribution in [0.15, 0.2) is 18.2 Å². The van der Waals surface area contributed by atoms with Gasteiger partial charge in [-0.15, -0.1) is 0 Å². The molecular weight excluding hydrogens is 203 g/mol. The lowest BCUT2D eigenvalue weighted by Crippen LogP contribution is -2.44. The van der Waals surface area contributed by atoms with Gasteiger partial charge in [0.15, 0.2) is 0 Å². The van der Waals surface area contributed by atoms with Gasteiger partial charge in [0.1, 0.15) is 5.82 Å². The number of para-hydroxylation sites is 1. The molecule has 0 spiro atoms. The van der Waals surface area contributed by atoms with Gasteiger partial charge in [-0.2, -0.15) is 0 Å². The molecule has 0 radical (unpaired) electrons. The van der Waals surface area contributed by atoms with Crippen molar-refractivity contribution in [2.24, 2.45) is 5.73 Å². The maximum Gasteiger partial charge on any atom is 0.147 e. The standard InChI is InChI=1S/C10H12ClFN2/c11-8-2-1-3-9(12)10(8)14-7-4-6(13)5-7/h1-3,6-7,14H,4-5,13H2. The Labute approximate surface area is 87.2 Å². The van der Waals surface area contributed by atoms with Gasteiger partial charge in [0, 0.05) is 12.1 Å². The highest BCUT2D eigenvalue weighted by atomic mass is 35.5. The maximum absolute atomic E-state index is 13.3. The minimum absolute atomic E-state index is 0.248. The highest BCUT2D eigenvalue weighted by molar-refractivity contribution is 6.33. The Balaban J connectivity index is 2.09. The lowest BCUT2D eigenvalue weighted by atomic mass is 9.87. The summed E-state index contributed by atoms with van der Waals surface area (Å²) in [4.78, 5) is 0. The Morgan fingerprint density at radius 2 is 2.14 bits per heavy atom. The molecule has 0 aromatic heterocycles. The molecule has 76 valence electrons. The average Bonchev–Trinajstić information content (AvgIpc) is 2.08. The second kappa shape index (κ2) is 3.75. The number of nitrogens with one attached hydrogen (secondary N) is 1. The van der Waals surface area contributed by atoms with Crippen LogP contribution in [0.4, 0.5) is 10.1 Å². The second-order valence-corrected chi connectivity index (χ2v) is 4.08. The third-order valence-electron chi connectivity index (χ3n) is 2.49. The van der Waals surface area contributed by atoms with Crippen LogP contribution in [-0.4, -0.2) is 12.1 Å².